The standard InChI is InChI=1S/C26H34N2O5/c1-18(30)27-22-6-3-5-21(13-22)26-32-24(15-28-12-4-7-23(28)17-31-2)14-25(33-26)20-10-8-19(16-29)9-11-20/h3,5-6,8-11,13,23-26,29H,4,7,12,14-17H2,1-2H3,(H,27,30)/t23-,24-,25+,26+/m0/s1. The molecule has 4 atom stereocenters. The number of rotatable bonds is 8. The minimum absolute atomic E-state index is 0.00635. The van der Waals surface area contributed by atoms with E-state index in [9.17, 15) is 9.90 Å². The van der Waals surface area contributed by atoms with Crippen molar-refractivity contribution in [1.82, 2.24) is 4.90 Å². The van der Waals surface area contributed by atoms with Crippen molar-refractivity contribution in [3.63, 3.8) is 0 Å². The van der Waals surface area contributed by atoms with Crippen LogP contribution in [0, 0.1) is 0 Å². The number of anilines is 1. The van der Waals surface area contributed by atoms with Crippen LogP contribution in [0.15, 0.2) is 48.5 Å². The number of ether oxygens (including phenoxy) is 3. The number of carbonyl (C=O) groups is 1. The Balaban J connectivity index is 1.55. The van der Waals surface area contributed by atoms with E-state index in [0.717, 1.165) is 54.9 Å². The molecule has 2 heterocycles. The lowest BCUT2D eigenvalue weighted by atomic mass is 9.99. The zero-order valence-corrected chi connectivity index (χ0v) is 19.4. The van der Waals surface area contributed by atoms with Gasteiger partial charge in [-0.05, 0) is 42.6 Å². The number of methoxy groups -OCH3 is 1. The first kappa shape index (κ1) is 23.9. The van der Waals surface area contributed by atoms with Gasteiger partial charge >= 0.3 is 0 Å². The molecular weight excluding hydrogens is 420 g/mol. The molecule has 0 unspecified atom stereocenters. The lowest BCUT2D eigenvalue weighted by Gasteiger charge is -2.39. The highest BCUT2D eigenvalue weighted by Crippen LogP contribution is 2.39. The maximum absolute atomic E-state index is 11.5. The summed E-state index contributed by atoms with van der Waals surface area (Å²) in [5, 5.41) is 12.2. The summed E-state index contributed by atoms with van der Waals surface area (Å²) in [6.07, 6.45) is 2.39. The van der Waals surface area contributed by atoms with E-state index in [1.54, 1.807) is 7.11 Å². The predicted octanol–water partition coefficient (Wildman–Crippen LogP) is 3.79. The molecule has 2 aromatic rings. The van der Waals surface area contributed by atoms with Crippen LogP contribution in [-0.2, 0) is 25.6 Å². The summed E-state index contributed by atoms with van der Waals surface area (Å²) in [6, 6.07) is 16.0. The molecule has 2 aliphatic rings. The SMILES string of the molecule is COC[C@@H]1CCCN1C[C@@H]1C[C@H](c2ccc(CO)cc2)O[C@H](c2cccc(NC(C)=O)c2)O1. The van der Waals surface area contributed by atoms with Crippen molar-refractivity contribution in [2.45, 2.75) is 57.3 Å². The van der Waals surface area contributed by atoms with Crippen molar-refractivity contribution in [2.75, 3.05) is 32.1 Å². The summed E-state index contributed by atoms with van der Waals surface area (Å²) in [6.45, 7) is 4.12. The van der Waals surface area contributed by atoms with Gasteiger partial charge < -0.3 is 24.6 Å². The monoisotopic (exact) mass is 454 g/mol. The molecule has 0 spiro atoms. The van der Waals surface area contributed by atoms with E-state index in [0.29, 0.717) is 6.04 Å². The number of amides is 1. The minimum Gasteiger partial charge on any atom is -0.392 e. The Morgan fingerprint density at radius 1 is 1.18 bits per heavy atom. The van der Waals surface area contributed by atoms with Crippen LogP contribution in [0.5, 0.6) is 0 Å². The van der Waals surface area contributed by atoms with E-state index in [-0.39, 0.29) is 24.7 Å². The summed E-state index contributed by atoms with van der Waals surface area (Å²) in [4.78, 5) is 14.0. The Morgan fingerprint density at radius 2 is 2.00 bits per heavy atom. The number of hydrogen-bond donors (Lipinski definition) is 2. The molecule has 2 N–H and O–H groups in total. The summed E-state index contributed by atoms with van der Waals surface area (Å²) in [7, 11) is 1.76. The van der Waals surface area contributed by atoms with Gasteiger partial charge in [-0.25, -0.2) is 0 Å². The number of aliphatic hydroxyl groups is 1. The molecule has 1 amide bonds. The summed E-state index contributed by atoms with van der Waals surface area (Å²) >= 11 is 0. The van der Waals surface area contributed by atoms with Crippen molar-refractivity contribution in [2.24, 2.45) is 0 Å². The molecule has 2 saturated heterocycles. The van der Waals surface area contributed by atoms with Crippen molar-refractivity contribution in [1.29, 1.82) is 0 Å². The topological polar surface area (TPSA) is 80.3 Å². The highest BCUT2D eigenvalue weighted by molar-refractivity contribution is 5.88. The minimum atomic E-state index is -0.538. The molecule has 7 heteroatoms. The molecule has 0 bridgehead atoms. The average Bonchev–Trinajstić information content (AvgIpc) is 3.25. The summed E-state index contributed by atoms with van der Waals surface area (Å²) in [5.74, 6) is -0.115. The zero-order chi connectivity index (χ0) is 23.2. The Morgan fingerprint density at radius 3 is 2.73 bits per heavy atom. The third-order valence-corrected chi connectivity index (χ3v) is 6.39. The number of likely N-dealkylation sites (tertiary alicyclic amines) is 1. The number of aliphatic hydroxyl groups excluding tert-OH is 1. The van der Waals surface area contributed by atoms with Crippen molar-refractivity contribution < 1.29 is 24.1 Å². The van der Waals surface area contributed by atoms with Crippen LogP contribution in [0.25, 0.3) is 0 Å². The molecule has 0 saturated carbocycles. The first-order valence-electron chi connectivity index (χ1n) is 11.7. The second kappa shape index (κ2) is 11.2. The van der Waals surface area contributed by atoms with Crippen molar-refractivity contribution >= 4 is 11.6 Å². The molecular formula is C26H34N2O5. The van der Waals surface area contributed by atoms with Crippen LogP contribution >= 0.6 is 0 Å². The van der Waals surface area contributed by atoms with Gasteiger partial charge in [-0.2, -0.15) is 0 Å². The van der Waals surface area contributed by atoms with E-state index in [1.807, 2.05) is 48.5 Å². The summed E-state index contributed by atoms with van der Waals surface area (Å²) in [5.41, 5.74) is 3.54. The molecule has 33 heavy (non-hydrogen) atoms. The van der Waals surface area contributed by atoms with E-state index >= 15 is 0 Å². The third-order valence-electron chi connectivity index (χ3n) is 6.39. The van der Waals surface area contributed by atoms with Gasteiger partial charge in [0.25, 0.3) is 0 Å². The largest absolute Gasteiger partial charge is 0.392 e. The van der Waals surface area contributed by atoms with Crippen molar-refractivity contribution in [3.05, 3.63) is 65.2 Å². The van der Waals surface area contributed by atoms with Crippen LogP contribution in [0.1, 0.15) is 55.3 Å². The van der Waals surface area contributed by atoms with Gasteiger partial charge in [0, 0.05) is 44.3 Å². The molecule has 178 valence electrons. The predicted molar refractivity (Wildman–Crippen MR) is 126 cm³/mol. The average molecular weight is 455 g/mol. The fourth-order valence-corrected chi connectivity index (χ4v) is 4.78. The van der Waals surface area contributed by atoms with Gasteiger partial charge in [0.15, 0.2) is 6.29 Å². The van der Waals surface area contributed by atoms with Gasteiger partial charge in [-0.3, -0.25) is 9.69 Å². The Labute approximate surface area is 195 Å². The molecule has 4 rings (SSSR count). The number of carbonyl (C=O) groups excluding carboxylic acids is 1. The molecule has 0 radical (unpaired) electrons. The molecule has 2 fully saturated rings. The van der Waals surface area contributed by atoms with E-state index in [1.165, 1.54) is 13.3 Å². The Hall–Kier alpha value is -2.29. The van der Waals surface area contributed by atoms with E-state index in [2.05, 4.69) is 10.2 Å². The Bertz CT molecular complexity index is 919. The first-order valence-corrected chi connectivity index (χ1v) is 11.7. The smallest absolute Gasteiger partial charge is 0.221 e. The number of hydrogen-bond acceptors (Lipinski definition) is 6. The molecule has 2 aliphatic heterocycles. The number of nitrogens with zero attached hydrogens (tertiary/aromatic N) is 1. The van der Waals surface area contributed by atoms with Gasteiger partial charge in [0.1, 0.15) is 0 Å². The quantitative estimate of drug-likeness (QED) is 0.632. The van der Waals surface area contributed by atoms with Crippen LogP contribution in [0.4, 0.5) is 5.69 Å². The highest BCUT2D eigenvalue weighted by atomic mass is 16.7. The van der Waals surface area contributed by atoms with Crippen LogP contribution in [0.3, 0.4) is 0 Å². The zero-order valence-electron chi connectivity index (χ0n) is 19.4. The molecule has 0 aliphatic carbocycles. The number of benzene rings is 2. The summed E-state index contributed by atoms with van der Waals surface area (Å²) < 4.78 is 18.3. The molecule has 0 aromatic heterocycles. The highest BCUT2D eigenvalue weighted by Gasteiger charge is 2.35. The third kappa shape index (κ3) is 6.19. The molecule has 7 nitrogen and oxygen atoms in total. The fourth-order valence-electron chi connectivity index (χ4n) is 4.78. The fraction of sp³-hybridized carbons (Fsp3) is 0.500. The lowest BCUT2D eigenvalue weighted by Crippen LogP contribution is -2.42. The first-order chi connectivity index (χ1) is 16.1. The van der Waals surface area contributed by atoms with E-state index in [4.69, 9.17) is 14.2 Å². The van der Waals surface area contributed by atoms with Gasteiger partial charge in [-0.15, -0.1) is 0 Å². The van der Waals surface area contributed by atoms with Crippen molar-refractivity contribution in [3.8, 4) is 0 Å². The van der Waals surface area contributed by atoms with Gasteiger partial charge in [0.2, 0.25) is 5.91 Å². The number of nitrogens with one attached hydrogen (secondary N) is 1. The van der Waals surface area contributed by atoms with Crippen LogP contribution < -0.4 is 5.32 Å². The van der Waals surface area contributed by atoms with Gasteiger partial charge in [0.05, 0.1) is 25.4 Å². The maximum Gasteiger partial charge on any atom is 0.221 e. The lowest BCUT2D eigenvalue weighted by molar-refractivity contribution is -0.253. The molecule has 2 aromatic carbocycles. The van der Waals surface area contributed by atoms with E-state index < -0.39 is 6.29 Å². The normalized spacial score (nSPS) is 25.8. The Kier molecular flexibility index (Phi) is 8.11. The van der Waals surface area contributed by atoms with Crippen LogP contribution in [0.2, 0.25) is 0 Å². The van der Waals surface area contributed by atoms with Crippen LogP contribution in [-0.4, -0.2) is 54.9 Å². The second-order valence-corrected chi connectivity index (χ2v) is 8.90. The maximum atomic E-state index is 11.5. The second-order valence-electron chi connectivity index (χ2n) is 8.90. The van der Waals surface area contributed by atoms with Gasteiger partial charge in [-0.1, -0.05) is 36.4 Å².